The Labute approximate surface area is 389 Å². The molecule has 2 rings (SSSR count). The molecule has 0 bridgehead atoms. The molecule has 1 aromatic carbocycles. The highest BCUT2D eigenvalue weighted by atomic mass is 35.5. The second-order valence-corrected chi connectivity index (χ2v) is 19.0. The van der Waals surface area contributed by atoms with Crippen LogP contribution in [0.5, 0.6) is 0 Å². The molecule has 0 aliphatic carbocycles. The Bertz CT molecular complexity index is 1850. The monoisotopic (exact) mass is 933 g/mol. The number of hydrogen-bond acceptors (Lipinski definition) is 11. The van der Waals surface area contributed by atoms with Gasteiger partial charge in [-0.2, -0.15) is 0 Å². The number of carbonyl (C=O) groups is 7. The first-order valence-electron chi connectivity index (χ1n) is 21.9. The number of nitrogens with one attached hydrogen (secondary N) is 3. The number of benzene rings is 1. The summed E-state index contributed by atoms with van der Waals surface area (Å²) in [5.41, 5.74) is 0.0546. The molecule has 1 aliphatic rings. The summed E-state index contributed by atoms with van der Waals surface area (Å²) in [6.07, 6.45) is 3.65. The first-order chi connectivity index (χ1) is 29.9. The summed E-state index contributed by atoms with van der Waals surface area (Å²) in [4.78, 5) is 99.9. The summed E-state index contributed by atoms with van der Waals surface area (Å²) in [5.74, 6) is -5.25. The number of nitrogens with zero attached hydrogens (tertiary/aromatic N) is 2. The molecule has 0 saturated carbocycles. The van der Waals surface area contributed by atoms with Gasteiger partial charge in [0.25, 0.3) is 5.91 Å². The molecular weight excluding hydrogens is 862 g/mol. The molecule has 15 nitrogen and oxygen atoms in total. The lowest BCUT2D eigenvalue weighted by Gasteiger charge is -2.35. The predicted octanol–water partition coefficient (Wildman–Crippen LogP) is 5.63. The van der Waals surface area contributed by atoms with Gasteiger partial charge in [0.05, 0.1) is 18.6 Å². The van der Waals surface area contributed by atoms with Crippen molar-refractivity contribution in [2.24, 2.45) is 17.8 Å². The number of allylic oxidation sites excluding steroid dienone is 1. The standard InChI is InChI=1S/C47H72ClN5O10S/c1-15-28(5)39-42(56)51-47(10,11)46(60)63-40(29(6)16-2)31(8)36(61-26-64-14)22-17-30(7)45(59)62-37(23-27(3)4)41(55)49-32(9)43(57)53(13)35(24-33-18-20-34(48)21-19-33)44(58)52(12)25-38(54)50-39/h16-21,27-28,31-32,35-37,39-40H,15,22-26H2,1-14H3,(H,49,55)(H,50,54)(H,51,56)/b29-16+,30-17-/t28-,31+,32+,35-,36+,37-,39+,40-/m1/s1. The van der Waals surface area contributed by atoms with E-state index < -0.39 is 95.9 Å². The molecule has 1 heterocycles. The maximum absolute atomic E-state index is 14.3. The summed E-state index contributed by atoms with van der Waals surface area (Å²) in [5, 5.41) is 8.72. The molecule has 0 spiro atoms. The predicted molar refractivity (Wildman–Crippen MR) is 250 cm³/mol. The summed E-state index contributed by atoms with van der Waals surface area (Å²) in [6, 6.07) is 3.34. The summed E-state index contributed by atoms with van der Waals surface area (Å²) >= 11 is 7.59. The maximum Gasteiger partial charge on any atom is 0.334 e. The van der Waals surface area contributed by atoms with Crippen LogP contribution in [-0.2, 0) is 54.2 Å². The second kappa shape index (κ2) is 25.9. The topological polar surface area (TPSA) is 190 Å². The number of hydrogen-bond donors (Lipinski definition) is 3. The molecule has 64 heavy (non-hydrogen) atoms. The molecule has 358 valence electrons. The van der Waals surface area contributed by atoms with Crippen LogP contribution in [0.4, 0.5) is 0 Å². The third kappa shape index (κ3) is 16.5. The fraction of sp³-hybridized carbons (Fsp3) is 0.638. The van der Waals surface area contributed by atoms with Crippen LogP contribution in [0, 0.1) is 17.8 Å². The third-order valence-electron chi connectivity index (χ3n) is 11.5. The number of esters is 2. The zero-order valence-corrected chi connectivity index (χ0v) is 41.7. The van der Waals surface area contributed by atoms with E-state index in [1.165, 1.54) is 51.5 Å². The highest BCUT2D eigenvalue weighted by Crippen LogP contribution is 2.27. The van der Waals surface area contributed by atoms with Crippen LogP contribution in [0.25, 0.3) is 0 Å². The quantitative estimate of drug-likeness (QED) is 0.150. The molecule has 0 aromatic heterocycles. The molecule has 3 N–H and O–H groups in total. The van der Waals surface area contributed by atoms with Gasteiger partial charge in [0.2, 0.25) is 23.6 Å². The number of amides is 5. The van der Waals surface area contributed by atoms with Crippen molar-refractivity contribution in [1.82, 2.24) is 25.8 Å². The number of halogens is 1. The first-order valence-corrected chi connectivity index (χ1v) is 23.7. The Morgan fingerprint density at radius 1 is 0.984 bits per heavy atom. The van der Waals surface area contributed by atoms with Crippen LogP contribution < -0.4 is 16.0 Å². The highest BCUT2D eigenvalue weighted by molar-refractivity contribution is 7.98. The molecule has 1 aliphatic heterocycles. The normalized spacial score (nSPS) is 27.2. The van der Waals surface area contributed by atoms with E-state index in [4.69, 9.17) is 25.8 Å². The zero-order chi connectivity index (χ0) is 48.6. The number of ether oxygens (including phenoxy) is 3. The summed E-state index contributed by atoms with van der Waals surface area (Å²) < 4.78 is 18.2. The van der Waals surface area contributed by atoms with Gasteiger partial charge in [-0.25, -0.2) is 9.59 Å². The van der Waals surface area contributed by atoms with Crippen molar-refractivity contribution in [3.8, 4) is 0 Å². The molecule has 1 aromatic rings. The van der Waals surface area contributed by atoms with Gasteiger partial charge in [-0.15, -0.1) is 11.8 Å². The van der Waals surface area contributed by atoms with E-state index in [0.29, 0.717) is 22.9 Å². The van der Waals surface area contributed by atoms with Gasteiger partial charge >= 0.3 is 11.9 Å². The van der Waals surface area contributed by atoms with E-state index in [9.17, 15) is 33.6 Å². The third-order valence-corrected chi connectivity index (χ3v) is 12.1. The van der Waals surface area contributed by atoms with E-state index in [1.807, 2.05) is 53.9 Å². The van der Waals surface area contributed by atoms with Crippen LogP contribution in [0.1, 0.15) is 101 Å². The van der Waals surface area contributed by atoms with Crippen molar-refractivity contribution in [1.29, 1.82) is 0 Å². The van der Waals surface area contributed by atoms with Gasteiger partial charge in [-0.05, 0) is 95.7 Å². The Hall–Kier alpha value is -4.41. The van der Waals surface area contributed by atoms with Gasteiger partial charge in [0.1, 0.15) is 29.8 Å². The molecule has 5 amide bonds. The molecule has 0 unspecified atom stereocenters. The van der Waals surface area contributed by atoms with E-state index in [-0.39, 0.29) is 36.7 Å². The van der Waals surface area contributed by atoms with Crippen LogP contribution in [-0.4, -0.2) is 126 Å². The van der Waals surface area contributed by atoms with Crippen LogP contribution >= 0.6 is 23.4 Å². The minimum Gasteiger partial charge on any atom is -0.456 e. The lowest BCUT2D eigenvalue weighted by Crippen LogP contribution is -2.60. The van der Waals surface area contributed by atoms with E-state index in [0.717, 1.165) is 10.5 Å². The smallest absolute Gasteiger partial charge is 0.334 e. The zero-order valence-electron chi connectivity index (χ0n) is 40.2. The van der Waals surface area contributed by atoms with Crippen molar-refractivity contribution in [3.63, 3.8) is 0 Å². The maximum atomic E-state index is 14.3. The van der Waals surface area contributed by atoms with Crippen molar-refractivity contribution in [2.75, 3.05) is 32.8 Å². The fourth-order valence-corrected chi connectivity index (χ4v) is 7.47. The highest BCUT2D eigenvalue weighted by Gasteiger charge is 2.40. The number of cyclic esters (lactones) is 2. The number of rotatable bonds is 10. The average molecular weight is 935 g/mol. The molecule has 8 atom stereocenters. The summed E-state index contributed by atoms with van der Waals surface area (Å²) in [7, 11) is 2.84. The largest absolute Gasteiger partial charge is 0.456 e. The van der Waals surface area contributed by atoms with Crippen LogP contribution in [0.15, 0.2) is 47.6 Å². The van der Waals surface area contributed by atoms with Gasteiger partial charge in [0, 0.05) is 37.0 Å². The van der Waals surface area contributed by atoms with Gasteiger partial charge in [-0.3, -0.25) is 24.0 Å². The lowest BCUT2D eigenvalue weighted by molar-refractivity contribution is -0.160. The number of likely N-dealkylation sites (N-methyl/N-ethyl adjacent to an activating group) is 2. The number of carbonyl (C=O) groups excluding carboxylic acids is 7. The minimum atomic E-state index is -1.56. The fourth-order valence-electron chi connectivity index (χ4n) is 7.03. The van der Waals surface area contributed by atoms with Crippen molar-refractivity contribution in [2.45, 2.75) is 144 Å². The van der Waals surface area contributed by atoms with E-state index >= 15 is 0 Å². The molecule has 0 radical (unpaired) electrons. The molecule has 0 fully saturated rings. The van der Waals surface area contributed by atoms with Crippen molar-refractivity contribution < 1.29 is 47.8 Å². The summed E-state index contributed by atoms with van der Waals surface area (Å²) in [6.45, 7) is 18.5. The van der Waals surface area contributed by atoms with Gasteiger partial charge in [-0.1, -0.05) is 76.9 Å². The Morgan fingerprint density at radius 3 is 2.17 bits per heavy atom. The van der Waals surface area contributed by atoms with E-state index in [2.05, 4.69) is 16.0 Å². The number of thioether (sulfide) groups is 1. The molecule has 17 heteroatoms. The van der Waals surface area contributed by atoms with Crippen LogP contribution in [0.2, 0.25) is 5.02 Å². The minimum absolute atomic E-state index is 0.0313. The van der Waals surface area contributed by atoms with Crippen molar-refractivity contribution in [3.05, 3.63) is 58.1 Å². The Kier molecular flexibility index (Phi) is 22.6. The molecule has 0 saturated heterocycles. The lowest BCUT2D eigenvalue weighted by atomic mass is 9.90. The van der Waals surface area contributed by atoms with E-state index in [1.54, 1.807) is 44.2 Å². The van der Waals surface area contributed by atoms with Gasteiger partial charge in [0.15, 0.2) is 6.10 Å². The second-order valence-electron chi connectivity index (χ2n) is 17.7. The Balaban J connectivity index is 2.73. The van der Waals surface area contributed by atoms with Crippen LogP contribution in [0.3, 0.4) is 0 Å². The molecular formula is C47H72ClN5O10S. The Morgan fingerprint density at radius 2 is 1.61 bits per heavy atom. The van der Waals surface area contributed by atoms with Gasteiger partial charge < -0.3 is 40.0 Å². The first kappa shape index (κ1) is 55.7. The SMILES string of the molecule is C/C=C(\C)[C@H]1OC(=O)C(C)(C)NC(=O)[C@H]([C@H](C)CC)NC(=O)CN(C)C(=O)[C@@H](Cc2ccc(Cl)cc2)N(C)C(=O)[C@H](C)NC(=O)[C@@H](CC(C)C)OC(=O)/C(C)=C\C[C@H](OCSC)[C@@H]1C. The van der Waals surface area contributed by atoms with Crippen molar-refractivity contribution >= 4 is 64.8 Å². The average Bonchev–Trinajstić information content (AvgIpc) is 3.24.